The molecule has 9 nitrogen and oxygen atoms in total. The van der Waals surface area contributed by atoms with E-state index in [1.165, 1.54) is 14.4 Å². The van der Waals surface area contributed by atoms with E-state index in [9.17, 15) is 22.4 Å². The summed E-state index contributed by atoms with van der Waals surface area (Å²) < 4.78 is 58.4. The molecule has 3 aromatic heterocycles. The van der Waals surface area contributed by atoms with E-state index in [2.05, 4.69) is 4.98 Å². The van der Waals surface area contributed by atoms with Crippen LogP contribution in [-0.4, -0.2) is 58.6 Å². The largest absolute Gasteiger partial charge is 0.346 e. The van der Waals surface area contributed by atoms with Gasteiger partial charge in [-0.1, -0.05) is 0 Å². The van der Waals surface area contributed by atoms with Crippen LogP contribution in [-0.2, 0) is 30.5 Å². The number of halogens is 3. The van der Waals surface area contributed by atoms with Gasteiger partial charge in [0.25, 0.3) is 11.5 Å². The lowest BCUT2D eigenvalue weighted by molar-refractivity contribution is 0.0770. The van der Waals surface area contributed by atoms with Crippen LogP contribution in [0.15, 0.2) is 41.6 Å². The summed E-state index contributed by atoms with van der Waals surface area (Å²) in [5.41, 5.74) is 2.81. The summed E-state index contributed by atoms with van der Waals surface area (Å²) in [6, 6.07) is 3.95. The zero-order valence-corrected chi connectivity index (χ0v) is 24.1. The van der Waals surface area contributed by atoms with Gasteiger partial charge in [0.2, 0.25) is 0 Å². The third-order valence-corrected chi connectivity index (χ3v) is 9.59. The Morgan fingerprint density at radius 1 is 1.05 bits per heavy atom. The minimum Gasteiger partial charge on any atom is -0.346 e. The molecule has 1 aromatic carbocycles. The lowest BCUT2D eigenvalue weighted by Gasteiger charge is -2.27. The van der Waals surface area contributed by atoms with Crippen molar-refractivity contribution in [3.63, 3.8) is 0 Å². The highest BCUT2D eigenvalue weighted by Gasteiger charge is 2.37. The predicted octanol–water partition coefficient (Wildman–Crippen LogP) is 4.04. The van der Waals surface area contributed by atoms with Gasteiger partial charge in [0.15, 0.2) is 21.5 Å². The molecule has 1 atom stereocenters. The highest BCUT2D eigenvalue weighted by Crippen LogP contribution is 2.47. The van der Waals surface area contributed by atoms with Gasteiger partial charge in [0.1, 0.15) is 11.3 Å². The van der Waals surface area contributed by atoms with E-state index in [4.69, 9.17) is 11.6 Å². The predicted molar refractivity (Wildman–Crippen MR) is 152 cm³/mol. The van der Waals surface area contributed by atoms with Gasteiger partial charge in [-0.2, -0.15) is 0 Å². The molecule has 2 aliphatic rings. The first-order valence-corrected chi connectivity index (χ1v) is 15.4. The van der Waals surface area contributed by atoms with Crippen LogP contribution in [0.1, 0.15) is 33.2 Å². The average Bonchev–Trinajstić information content (AvgIpc) is 3.08. The first-order valence-electron chi connectivity index (χ1n) is 12.9. The Balaban J connectivity index is 1.74. The van der Waals surface area contributed by atoms with Crippen LogP contribution in [0.25, 0.3) is 22.0 Å². The van der Waals surface area contributed by atoms with Gasteiger partial charge >= 0.3 is 0 Å². The molecule has 41 heavy (non-hydrogen) atoms. The van der Waals surface area contributed by atoms with E-state index in [-0.39, 0.29) is 48.9 Å². The molecule has 0 radical (unpaired) electrons. The van der Waals surface area contributed by atoms with Crippen molar-refractivity contribution in [3.8, 4) is 11.1 Å². The van der Waals surface area contributed by atoms with Crippen LogP contribution >= 0.6 is 11.6 Å². The van der Waals surface area contributed by atoms with Crippen LogP contribution in [0.4, 0.5) is 20.3 Å². The number of fused-ring (bicyclic) bond motifs is 3. The molecular formula is C28H26ClF2N5O4S. The van der Waals surface area contributed by atoms with Gasteiger partial charge in [-0.25, -0.2) is 22.2 Å². The van der Waals surface area contributed by atoms with Crippen LogP contribution < -0.4 is 10.5 Å². The molecule has 214 valence electrons. The quantitative estimate of drug-likeness (QED) is 0.328. The van der Waals surface area contributed by atoms with Crippen LogP contribution in [0.2, 0.25) is 0 Å². The van der Waals surface area contributed by atoms with Crippen LogP contribution in [0.3, 0.4) is 0 Å². The van der Waals surface area contributed by atoms with Crippen molar-refractivity contribution in [2.24, 2.45) is 14.1 Å². The number of rotatable bonds is 4. The highest BCUT2D eigenvalue weighted by atomic mass is 35.5. The van der Waals surface area contributed by atoms with Gasteiger partial charge in [0, 0.05) is 79.9 Å². The molecule has 0 N–H and O–H groups in total. The number of aromatic nitrogens is 3. The number of hydrogen-bond acceptors (Lipinski definition) is 6. The van der Waals surface area contributed by atoms with Gasteiger partial charge in [-0.15, -0.1) is 11.6 Å². The molecule has 0 aliphatic carbocycles. The van der Waals surface area contributed by atoms with E-state index in [0.29, 0.717) is 38.8 Å². The summed E-state index contributed by atoms with van der Waals surface area (Å²) in [6.07, 6.45) is 5.64. The maximum Gasteiger partial charge on any atom is 0.274 e. The number of amides is 1. The van der Waals surface area contributed by atoms with Gasteiger partial charge in [0.05, 0.1) is 23.7 Å². The van der Waals surface area contributed by atoms with E-state index in [1.807, 2.05) is 0 Å². The van der Waals surface area contributed by atoms with Crippen molar-refractivity contribution in [2.75, 3.05) is 30.1 Å². The zero-order chi connectivity index (χ0) is 29.4. The van der Waals surface area contributed by atoms with E-state index >= 15 is 4.39 Å². The Bertz CT molecular complexity index is 1940. The normalized spacial score (nSPS) is 16.9. The van der Waals surface area contributed by atoms with Crippen LogP contribution in [0.5, 0.6) is 0 Å². The second-order valence-electron chi connectivity index (χ2n) is 10.5. The fourth-order valence-electron chi connectivity index (χ4n) is 6.06. The Labute approximate surface area is 239 Å². The molecule has 1 unspecified atom stereocenters. The van der Waals surface area contributed by atoms with Gasteiger partial charge in [-0.3, -0.25) is 9.59 Å². The first-order chi connectivity index (χ1) is 19.4. The Morgan fingerprint density at radius 3 is 2.49 bits per heavy atom. The molecule has 13 heteroatoms. The minimum atomic E-state index is -3.66. The minimum absolute atomic E-state index is 0.0495. The lowest BCUT2D eigenvalue weighted by Crippen LogP contribution is -2.33. The molecule has 0 fully saturated rings. The van der Waals surface area contributed by atoms with Crippen molar-refractivity contribution in [2.45, 2.75) is 18.2 Å². The highest BCUT2D eigenvalue weighted by molar-refractivity contribution is 7.90. The third-order valence-electron chi connectivity index (χ3n) is 7.89. The third kappa shape index (κ3) is 4.31. The molecule has 0 saturated heterocycles. The van der Waals surface area contributed by atoms with E-state index in [0.717, 1.165) is 18.5 Å². The Hall–Kier alpha value is -3.77. The Kier molecular flexibility index (Phi) is 6.46. The average molecular weight is 602 g/mol. The molecule has 5 heterocycles. The number of alkyl halides is 1. The van der Waals surface area contributed by atoms with Crippen LogP contribution in [0, 0.1) is 11.6 Å². The number of benzene rings is 1. The molecule has 4 aromatic rings. The van der Waals surface area contributed by atoms with Crippen molar-refractivity contribution in [1.82, 2.24) is 19.0 Å². The number of carbonyl (C=O) groups excluding carboxylic acids is 1. The fraction of sp³-hybridized carbons (Fsp3) is 0.321. The van der Waals surface area contributed by atoms with Gasteiger partial charge in [-0.05, 0) is 29.7 Å². The van der Waals surface area contributed by atoms with Crippen molar-refractivity contribution < 1.29 is 22.0 Å². The van der Waals surface area contributed by atoms with Crippen molar-refractivity contribution in [1.29, 1.82) is 0 Å². The molecule has 0 saturated carbocycles. The monoisotopic (exact) mass is 601 g/mol. The summed E-state index contributed by atoms with van der Waals surface area (Å²) in [4.78, 5) is 34.1. The second kappa shape index (κ2) is 9.66. The number of nitrogens with zero attached hydrogens (tertiary/aromatic N) is 5. The molecular weight excluding hydrogens is 576 g/mol. The van der Waals surface area contributed by atoms with E-state index in [1.54, 1.807) is 43.2 Å². The number of sulfone groups is 1. The number of hydrogen-bond donors (Lipinski definition) is 0. The molecule has 0 spiro atoms. The maximum atomic E-state index is 15.3. The number of pyridine rings is 2. The topological polar surface area (TPSA) is 97.5 Å². The second-order valence-corrected chi connectivity index (χ2v) is 13.1. The fourth-order valence-corrected chi connectivity index (χ4v) is 7.46. The standard InChI is InChI=1S/C28H26ClF2N5O4S/c1-33-12-15-13-36(26-21(31)8-16(30)11-32-26)22-10-19-18(9-17(22)20-14-34(2)28(38)25(33)24(15)20)23(41(3,39)40)4-6-35(7-5-29)27(19)37/h8-12,14,23H,4-7,13H2,1-3H3. The summed E-state index contributed by atoms with van der Waals surface area (Å²) in [5.74, 6) is -2.17. The molecule has 6 rings (SSSR count). The van der Waals surface area contributed by atoms with E-state index < -0.39 is 32.6 Å². The zero-order valence-electron chi connectivity index (χ0n) is 22.5. The first kappa shape index (κ1) is 27.4. The molecule has 1 amide bonds. The summed E-state index contributed by atoms with van der Waals surface area (Å²) >= 11 is 5.97. The van der Waals surface area contributed by atoms with Crippen molar-refractivity contribution in [3.05, 3.63) is 75.5 Å². The number of carbonyl (C=O) groups is 1. The smallest absolute Gasteiger partial charge is 0.274 e. The summed E-state index contributed by atoms with van der Waals surface area (Å²) in [5, 5.41) is -0.357. The number of aryl methyl sites for hydroxylation is 2. The molecule has 0 bridgehead atoms. The van der Waals surface area contributed by atoms with Crippen molar-refractivity contribution >= 4 is 49.8 Å². The number of anilines is 2. The maximum absolute atomic E-state index is 15.3. The summed E-state index contributed by atoms with van der Waals surface area (Å²) in [6.45, 7) is 0.458. The lowest BCUT2D eigenvalue weighted by atomic mass is 9.93. The molecule has 2 aliphatic heterocycles. The van der Waals surface area contributed by atoms with Gasteiger partial charge < -0.3 is 18.9 Å². The summed E-state index contributed by atoms with van der Waals surface area (Å²) in [7, 11) is -0.306. The SMILES string of the molecule is Cn1cc2c3c(cn(C)c3c1=O)CN(c1ncc(F)cc1F)c1cc3c(cc1-2)C(S(C)(=O)=O)CCN(CCCl)C3=O. The Morgan fingerprint density at radius 2 is 1.80 bits per heavy atom.